The molecule has 1 fully saturated rings. The van der Waals surface area contributed by atoms with Crippen LogP contribution in [0.2, 0.25) is 0 Å². The van der Waals surface area contributed by atoms with E-state index in [2.05, 4.69) is 40.1 Å². The standard InChI is InChI=1S/C13H19BrN2O/c1-13(2)7-11(5-6-17-13)16-9-12-4-3-10(14)8-15-12/h3-4,8,11,16H,5-7,9H2,1-2H3. The lowest BCUT2D eigenvalue weighted by Gasteiger charge is -2.35. The van der Waals surface area contributed by atoms with Crippen molar-refractivity contribution in [1.29, 1.82) is 0 Å². The zero-order chi connectivity index (χ0) is 12.3. The Morgan fingerprint density at radius 1 is 1.53 bits per heavy atom. The van der Waals surface area contributed by atoms with E-state index in [1.807, 2.05) is 18.3 Å². The summed E-state index contributed by atoms with van der Waals surface area (Å²) >= 11 is 3.39. The molecule has 1 aromatic rings. The van der Waals surface area contributed by atoms with Crippen LogP contribution in [0.4, 0.5) is 0 Å². The minimum absolute atomic E-state index is 0.00304. The highest BCUT2D eigenvalue weighted by Crippen LogP contribution is 2.24. The Balaban J connectivity index is 1.84. The molecular formula is C13H19BrN2O. The molecular weight excluding hydrogens is 280 g/mol. The van der Waals surface area contributed by atoms with Gasteiger partial charge in [-0.15, -0.1) is 0 Å². The maximum Gasteiger partial charge on any atom is 0.0641 e. The first-order valence-corrected chi connectivity index (χ1v) is 6.82. The number of ether oxygens (including phenoxy) is 1. The van der Waals surface area contributed by atoms with Crippen molar-refractivity contribution in [3.63, 3.8) is 0 Å². The maximum absolute atomic E-state index is 5.70. The third kappa shape index (κ3) is 4.05. The lowest BCUT2D eigenvalue weighted by Crippen LogP contribution is -2.43. The predicted molar refractivity (Wildman–Crippen MR) is 71.8 cm³/mol. The molecule has 0 spiro atoms. The van der Waals surface area contributed by atoms with Gasteiger partial charge in [-0.2, -0.15) is 0 Å². The summed E-state index contributed by atoms with van der Waals surface area (Å²) in [5.41, 5.74) is 1.08. The summed E-state index contributed by atoms with van der Waals surface area (Å²) in [5, 5.41) is 3.56. The first-order chi connectivity index (χ1) is 8.05. The smallest absolute Gasteiger partial charge is 0.0641 e. The highest BCUT2D eigenvalue weighted by molar-refractivity contribution is 9.10. The Bertz CT molecular complexity index is 364. The average molecular weight is 299 g/mol. The SMILES string of the molecule is CC1(C)CC(NCc2ccc(Br)cn2)CCO1. The summed E-state index contributed by atoms with van der Waals surface area (Å²) < 4.78 is 6.72. The summed E-state index contributed by atoms with van der Waals surface area (Å²) in [6.07, 6.45) is 3.98. The third-order valence-electron chi connectivity index (χ3n) is 3.06. The number of hydrogen-bond acceptors (Lipinski definition) is 3. The van der Waals surface area contributed by atoms with Gasteiger partial charge in [0.2, 0.25) is 0 Å². The van der Waals surface area contributed by atoms with Gasteiger partial charge in [-0.05, 0) is 54.8 Å². The van der Waals surface area contributed by atoms with E-state index in [1.165, 1.54) is 0 Å². The molecule has 4 heteroatoms. The Hall–Kier alpha value is -0.450. The minimum atomic E-state index is 0.00304. The lowest BCUT2D eigenvalue weighted by molar-refractivity contribution is -0.0631. The van der Waals surface area contributed by atoms with Crippen LogP contribution in [0, 0.1) is 0 Å². The van der Waals surface area contributed by atoms with Crippen LogP contribution in [0.25, 0.3) is 0 Å². The van der Waals surface area contributed by atoms with Crippen molar-refractivity contribution in [3.8, 4) is 0 Å². The first-order valence-electron chi connectivity index (χ1n) is 6.03. The molecule has 1 atom stereocenters. The molecule has 0 amide bonds. The summed E-state index contributed by atoms with van der Waals surface area (Å²) in [5.74, 6) is 0. The van der Waals surface area contributed by atoms with Crippen LogP contribution >= 0.6 is 15.9 Å². The van der Waals surface area contributed by atoms with Crippen molar-refractivity contribution in [2.24, 2.45) is 0 Å². The number of aromatic nitrogens is 1. The topological polar surface area (TPSA) is 34.2 Å². The molecule has 1 unspecified atom stereocenters. The largest absolute Gasteiger partial charge is 0.375 e. The second-order valence-corrected chi connectivity index (χ2v) is 6.06. The molecule has 0 bridgehead atoms. The number of pyridine rings is 1. The second kappa shape index (κ2) is 5.46. The monoisotopic (exact) mass is 298 g/mol. The highest BCUT2D eigenvalue weighted by Gasteiger charge is 2.28. The van der Waals surface area contributed by atoms with Gasteiger partial charge in [-0.3, -0.25) is 4.98 Å². The molecule has 0 aliphatic carbocycles. The van der Waals surface area contributed by atoms with Crippen LogP contribution in [0.5, 0.6) is 0 Å². The summed E-state index contributed by atoms with van der Waals surface area (Å²) in [6.45, 7) is 5.98. The van der Waals surface area contributed by atoms with Gasteiger partial charge >= 0.3 is 0 Å². The van der Waals surface area contributed by atoms with Crippen molar-refractivity contribution < 1.29 is 4.74 Å². The summed E-state index contributed by atoms with van der Waals surface area (Å²) in [7, 11) is 0. The predicted octanol–water partition coefficient (Wildman–Crippen LogP) is 2.89. The zero-order valence-corrected chi connectivity index (χ0v) is 12.0. The molecule has 2 rings (SSSR count). The van der Waals surface area contributed by atoms with E-state index in [0.717, 1.165) is 36.2 Å². The number of nitrogens with zero attached hydrogens (tertiary/aromatic N) is 1. The van der Waals surface area contributed by atoms with Crippen LogP contribution in [-0.4, -0.2) is 23.2 Å². The van der Waals surface area contributed by atoms with E-state index in [9.17, 15) is 0 Å². The summed E-state index contributed by atoms with van der Waals surface area (Å²) in [6, 6.07) is 4.60. The molecule has 3 nitrogen and oxygen atoms in total. The van der Waals surface area contributed by atoms with Crippen LogP contribution in [-0.2, 0) is 11.3 Å². The number of nitrogens with one attached hydrogen (secondary N) is 1. The van der Waals surface area contributed by atoms with E-state index < -0.39 is 0 Å². The van der Waals surface area contributed by atoms with Gasteiger partial charge in [0, 0.05) is 29.9 Å². The Labute approximate surface area is 111 Å². The van der Waals surface area contributed by atoms with Crippen LogP contribution < -0.4 is 5.32 Å². The molecule has 0 radical (unpaired) electrons. The Morgan fingerprint density at radius 3 is 3.00 bits per heavy atom. The number of halogens is 1. The molecule has 1 aromatic heterocycles. The van der Waals surface area contributed by atoms with Crippen LogP contribution in [0.15, 0.2) is 22.8 Å². The molecule has 0 aromatic carbocycles. The fourth-order valence-electron chi connectivity index (χ4n) is 2.17. The number of rotatable bonds is 3. The molecule has 1 saturated heterocycles. The first kappa shape index (κ1) is 13.0. The van der Waals surface area contributed by atoms with Gasteiger partial charge in [0.05, 0.1) is 11.3 Å². The Morgan fingerprint density at radius 2 is 2.35 bits per heavy atom. The second-order valence-electron chi connectivity index (χ2n) is 5.15. The maximum atomic E-state index is 5.70. The Kier molecular flexibility index (Phi) is 4.17. The average Bonchev–Trinajstić information content (AvgIpc) is 2.27. The van der Waals surface area contributed by atoms with Crippen molar-refractivity contribution in [2.75, 3.05) is 6.61 Å². The fourth-order valence-corrected chi connectivity index (χ4v) is 2.40. The van der Waals surface area contributed by atoms with E-state index in [0.29, 0.717) is 6.04 Å². The van der Waals surface area contributed by atoms with Crippen LogP contribution in [0.3, 0.4) is 0 Å². The van der Waals surface area contributed by atoms with Crippen LogP contribution in [0.1, 0.15) is 32.4 Å². The van der Waals surface area contributed by atoms with Gasteiger partial charge in [-0.1, -0.05) is 0 Å². The van der Waals surface area contributed by atoms with Crippen molar-refractivity contribution in [3.05, 3.63) is 28.5 Å². The molecule has 94 valence electrons. The van der Waals surface area contributed by atoms with Gasteiger partial charge in [0.15, 0.2) is 0 Å². The molecule has 1 aliphatic heterocycles. The third-order valence-corrected chi connectivity index (χ3v) is 3.53. The van der Waals surface area contributed by atoms with Gasteiger partial charge in [0.1, 0.15) is 0 Å². The molecule has 0 saturated carbocycles. The zero-order valence-electron chi connectivity index (χ0n) is 10.4. The van der Waals surface area contributed by atoms with E-state index in [4.69, 9.17) is 4.74 Å². The van der Waals surface area contributed by atoms with E-state index in [1.54, 1.807) is 0 Å². The highest BCUT2D eigenvalue weighted by atomic mass is 79.9. The lowest BCUT2D eigenvalue weighted by atomic mass is 9.94. The summed E-state index contributed by atoms with van der Waals surface area (Å²) in [4.78, 5) is 4.36. The van der Waals surface area contributed by atoms with E-state index >= 15 is 0 Å². The van der Waals surface area contributed by atoms with E-state index in [-0.39, 0.29) is 5.60 Å². The molecule has 17 heavy (non-hydrogen) atoms. The van der Waals surface area contributed by atoms with Crippen molar-refractivity contribution >= 4 is 15.9 Å². The fraction of sp³-hybridized carbons (Fsp3) is 0.615. The van der Waals surface area contributed by atoms with Gasteiger partial charge in [-0.25, -0.2) is 0 Å². The quantitative estimate of drug-likeness (QED) is 0.932. The van der Waals surface area contributed by atoms with Crippen molar-refractivity contribution in [1.82, 2.24) is 10.3 Å². The van der Waals surface area contributed by atoms with Gasteiger partial charge in [0.25, 0.3) is 0 Å². The molecule has 1 N–H and O–H groups in total. The number of hydrogen-bond donors (Lipinski definition) is 1. The molecule has 1 aliphatic rings. The van der Waals surface area contributed by atoms with Crippen molar-refractivity contribution in [2.45, 2.75) is 44.9 Å². The minimum Gasteiger partial charge on any atom is -0.375 e. The van der Waals surface area contributed by atoms with Gasteiger partial charge < -0.3 is 10.1 Å². The molecule has 2 heterocycles. The normalized spacial score (nSPS) is 23.6.